The highest BCUT2D eigenvalue weighted by Gasteiger charge is 2.07. The van der Waals surface area contributed by atoms with Crippen LogP contribution in [0, 0.1) is 0 Å². The minimum Gasteiger partial charge on any atom is -0.497 e. The quantitative estimate of drug-likeness (QED) is 0.747. The second kappa shape index (κ2) is 5.69. The SMILES string of the molecule is COc1ccc([C@H](C)[SiH2]c2ccccc2)cc1. The smallest absolute Gasteiger partial charge is 0.118 e. The van der Waals surface area contributed by atoms with Crippen molar-refractivity contribution >= 4 is 14.7 Å². The van der Waals surface area contributed by atoms with Crippen LogP contribution in [-0.4, -0.2) is 16.6 Å². The van der Waals surface area contributed by atoms with Crippen molar-refractivity contribution in [3.05, 3.63) is 60.2 Å². The van der Waals surface area contributed by atoms with E-state index in [1.165, 1.54) is 10.8 Å². The van der Waals surface area contributed by atoms with E-state index in [0.29, 0.717) is 5.54 Å². The molecule has 88 valence electrons. The Morgan fingerprint density at radius 3 is 2.18 bits per heavy atom. The molecular weight excluding hydrogens is 224 g/mol. The highest BCUT2D eigenvalue weighted by atomic mass is 28.2. The van der Waals surface area contributed by atoms with Crippen molar-refractivity contribution in [2.24, 2.45) is 0 Å². The topological polar surface area (TPSA) is 9.23 Å². The lowest BCUT2D eigenvalue weighted by atomic mass is 10.1. The Morgan fingerprint density at radius 2 is 1.59 bits per heavy atom. The summed E-state index contributed by atoms with van der Waals surface area (Å²) in [5.74, 6) is 0.933. The molecule has 0 bridgehead atoms. The zero-order valence-electron chi connectivity index (χ0n) is 10.4. The highest BCUT2D eigenvalue weighted by molar-refractivity contribution is 6.54. The fourth-order valence-electron chi connectivity index (χ4n) is 2.02. The van der Waals surface area contributed by atoms with Crippen molar-refractivity contribution < 1.29 is 4.74 Å². The molecule has 0 saturated carbocycles. The molecule has 2 aromatic carbocycles. The number of hydrogen-bond acceptors (Lipinski definition) is 1. The first-order valence-electron chi connectivity index (χ1n) is 5.97. The number of ether oxygens (including phenoxy) is 1. The van der Waals surface area contributed by atoms with Gasteiger partial charge in [-0.2, -0.15) is 0 Å². The van der Waals surface area contributed by atoms with Gasteiger partial charge in [-0.25, -0.2) is 0 Å². The van der Waals surface area contributed by atoms with E-state index in [2.05, 4.69) is 49.4 Å². The van der Waals surface area contributed by atoms with E-state index in [4.69, 9.17) is 4.74 Å². The van der Waals surface area contributed by atoms with Gasteiger partial charge in [0, 0.05) is 0 Å². The molecule has 2 heteroatoms. The Balaban J connectivity index is 2.06. The van der Waals surface area contributed by atoms with Gasteiger partial charge in [-0.3, -0.25) is 0 Å². The van der Waals surface area contributed by atoms with Crippen molar-refractivity contribution in [3.63, 3.8) is 0 Å². The molecule has 0 aliphatic carbocycles. The maximum absolute atomic E-state index is 5.18. The summed E-state index contributed by atoms with van der Waals surface area (Å²) in [6, 6.07) is 19.3. The van der Waals surface area contributed by atoms with Crippen molar-refractivity contribution in [1.29, 1.82) is 0 Å². The molecule has 2 rings (SSSR count). The molecule has 0 heterocycles. The molecule has 0 aliphatic rings. The third-order valence-corrected chi connectivity index (χ3v) is 5.10. The van der Waals surface area contributed by atoms with Gasteiger partial charge >= 0.3 is 0 Å². The van der Waals surface area contributed by atoms with Crippen LogP contribution < -0.4 is 9.92 Å². The normalized spacial score (nSPS) is 12.8. The number of hydrogen-bond donors (Lipinski definition) is 0. The lowest BCUT2D eigenvalue weighted by Crippen LogP contribution is -2.19. The van der Waals surface area contributed by atoms with Gasteiger partial charge in [0.05, 0.1) is 16.6 Å². The van der Waals surface area contributed by atoms with Crippen LogP contribution in [0.4, 0.5) is 0 Å². The first-order valence-corrected chi connectivity index (χ1v) is 7.50. The van der Waals surface area contributed by atoms with E-state index < -0.39 is 0 Å². The van der Waals surface area contributed by atoms with Gasteiger partial charge in [0.1, 0.15) is 5.75 Å². The molecule has 0 saturated heterocycles. The molecule has 17 heavy (non-hydrogen) atoms. The molecule has 0 aromatic heterocycles. The molecule has 0 N–H and O–H groups in total. The largest absolute Gasteiger partial charge is 0.497 e. The summed E-state index contributed by atoms with van der Waals surface area (Å²) in [5.41, 5.74) is 2.09. The van der Waals surface area contributed by atoms with Crippen LogP contribution in [0.3, 0.4) is 0 Å². The van der Waals surface area contributed by atoms with Gasteiger partial charge in [0.2, 0.25) is 0 Å². The van der Waals surface area contributed by atoms with E-state index in [-0.39, 0.29) is 9.52 Å². The summed E-state index contributed by atoms with van der Waals surface area (Å²) in [7, 11) is 1.46. The molecule has 0 fully saturated rings. The summed E-state index contributed by atoms with van der Waals surface area (Å²) in [6.45, 7) is 2.32. The van der Waals surface area contributed by atoms with E-state index in [0.717, 1.165) is 5.75 Å². The van der Waals surface area contributed by atoms with Crippen molar-refractivity contribution in [1.82, 2.24) is 0 Å². The summed E-state index contributed by atoms with van der Waals surface area (Å²) in [6.07, 6.45) is 0. The van der Waals surface area contributed by atoms with Crippen LogP contribution in [0.15, 0.2) is 54.6 Å². The Kier molecular flexibility index (Phi) is 3.99. The van der Waals surface area contributed by atoms with E-state index in [1.807, 2.05) is 12.1 Å². The minimum atomic E-state index is -0.245. The van der Waals surface area contributed by atoms with Crippen LogP contribution in [0.5, 0.6) is 5.75 Å². The second-order valence-electron chi connectivity index (χ2n) is 4.36. The van der Waals surface area contributed by atoms with Gasteiger partial charge in [-0.15, -0.1) is 0 Å². The predicted octanol–water partition coefficient (Wildman–Crippen LogP) is 2.25. The van der Waals surface area contributed by atoms with Crippen molar-refractivity contribution in [2.45, 2.75) is 12.5 Å². The van der Waals surface area contributed by atoms with Gasteiger partial charge in [-0.1, -0.05) is 54.6 Å². The third kappa shape index (κ3) is 3.20. The zero-order valence-corrected chi connectivity index (χ0v) is 11.8. The van der Waals surface area contributed by atoms with Gasteiger partial charge in [0.15, 0.2) is 0 Å². The van der Waals surface area contributed by atoms with Gasteiger partial charge in [-0.05, 0) is 23.2 Å². The zero-order chi connectivity index (χ0) is 12.1. The van der Waals surface area contributed by atoms with Crippen LogP contribution in [0.2, 0.25) is 0 Å². The van der Waals surface area contributed by atoms with E-state index >= 15 is 0 Å². The predicted molar refractivity (Wildman–Crippen MR) is 76.0 cm³/mol. The van der Waals surface area contributed by atoms with Crippen LogP contribution in [-0.2, 0) is 0 Å². The average Bonchev–Trinajstić information content (AvgIpc) is 2.40. The molecule has 1 atom stereocenters. The van der Waals surface area contributed by atoms with Gasteiger partial charge < -0.3 is 4.74 Å². The van der Waals surface area contributed by atoms with Crippen LogP contribution in [0.25, 0.3) is 0 Å². The standard InChI is InChI=1S/C15H18OSi/c1-12(17-15-6-4-3-5-7-15)13-8-10-14(16-2)11-9-13/h3-12H,17H2,1-2H3/t12-/m0/s1. The fourth-order valence-corrected chi connectivity index (χ4v) is 3.78. The van der Waals surface area contributed by atoms with Crippen molar-refractivity contribution in [2.75, 3.05) is 7.11 Å². The van der Waals surface area contributed by atoms with E-state index in [9.17, 15) is 0 Å². The maximum atomic E-state index is 5.18. The number of rotatable bonds is 4. The fraction of sp³-hybridized carbons (Fsp3) is 0.200. The first-order chi connectivity index (χ1) is 8.29. The number of methoxy groups -OCH3 is 1. The number of benzene rings is 2. The van der Waals surface area contributed by atoms with E-state index in [1.54, 1.807) is 7.11 Å². The molecular formula is C15H18OSi. The molecule has 1 nitrogen and oxygen atoms in total. The van der Waals surface area contributed by atoms with Crippen LogP contribution >= 0.6 is 0 Å². The lowest BCUT2D eigenvalue weighted by Gasteiger charge is -2.11. The van der Waals surface area contributed by atoms with Crippen LogP contribution in [0.1, 0.15) is 18.0 Å². The third-order valence-electron chi connectivity index (χ3n) is 3.07. The van der Waals surface area contributed by atoms with Gasteiger partial charge in [0.25, 0.3) is 0 Å². The summed E-state index contributed by atoms with van der Waals surface area (Å²) >= 11 is 0. The molecule has 0 radical (unpaired) electrons. The highest BCUT2D eigenvalue weighted by Crippen LogP contribution is 2.18. The lowest BCUT2D eigenvalue weighted by molar-refractivity contribution is 0.414. The maximum Gasteiger partial charge on any atom is 0.118 e. The summed E-state index contributed by atoms with van der Waals surface area (Å²) in [4.78, 5) is 0. The van der Waals surface area contributed by atoms with Crippen molar-refractivity contribution in [3.8, 4) is 5.75 Å². The Hall–Kier alpha value is -1.54. The monoisotopic (exact) mass is 242 g/mol. The summed E-state index contributed by atoms with van der Waals surface area (Å²) in [5, 5.41) is 1.52. The second-order valence-corrected chi connectivity index (χ2v) is 6.81. The first kappa shape index (κ1) is 11.9. The Bertz CT molecular complexity index is 450. The average molecular weight is 242 g/mol. The minimum absolute atomic E-state index is 0.245. The molecule has 0 aliphatic heterocycles. The summed E-state index contributed by atoms with van der Waals surface area (Å²) < 4.78 is 5.18. The molecule has 0 amide bonds. The molecule has 0 unspecified atom stereocenters. The molecule has 0 spiro atoms. The Labute approximate surface area is 105 Å². The Morgan fingerprint density at radius 1 is 0.941 bits per heavy atom. The molecule has 2 aromatic rings.